The molecular formula is C27H31F3. The van der Waals surface area contributed by atoms with Gasteiger partial charge in [-0.05, 0) is 104 Å². The summed E-state index contributed by atoms with van der Waals surface area (Å²) >= 11 is 0. The summed E-state index contributed by atoms with van der Waals surface area (Å²) in [6, 6.07) is 10.1. The highest BCUT2D eigenvalue weighted by atomic mass is 19.2. The average molecular weight is 413 g/mol. The molecule has 2 fully saturated rings. The third-order valence-electron chi connectivity index (χ3n) is 7.40. The molecule has 160 valence electrons. The summed E-state index contributed by atoms with van der Waals surface area (Å²) in [7, 11) is 0. The lowest BCUT2D eigenvalue weighted by atomic mass is 9.63. The maximum absolute atomic E-state index is 13.5. The first kappa shape index (κ1) is 21.2. The normalized spacial score (nSPS) is 26.7. The molecule has 0 amide bonds. The second-order valence-electron chi connectivity index (χ2n) is 9.23. The van der Waals surface area contributed by atoms with Crippen molar-refractivity contribution in [3.63, 3.8) is 0 Å². The molecule has 30 heavy (non-hydrogen) atoms. The molecule has 0 bridgehead atoms. The lowest BCUT2D eigenvalue weighted by Crippen LogP contribution is -2.30. The van der Waals surface area contributed by atoms with E-state index in [4.69, 9.17) is 0 Å². The molecule has 4 atom stereocenters. The fraction of sp³-hybridized carbons (Fsp3) is 0.481. The average Bonchev–Trinajstić information content (AvgIpc) is 2.77. The molecule has 0 N–H and O–H groups in total. The van der Waals surface area contributed by atoms with Crippen molar-refractivity contribution in [3.05, 3.63) is 71.6 Å². The Balaban J connectivity index is 1.38. The van der Waals surface area contributed by atoms with Crippen LogP contribution in [-0.4, -0.2) is 0 Å². The molecule has 2 aliphatic carbocycles. The number of hydrogen-bond donors (Lipinski definition) is 0. The molecule has 3 heteroatoms. The predicted octanol–water partition coefficient (Wildman–Crippen LogP) is 8.43. The molecule has 0 aliphatic heterocycles. The van der Waals surface area contributed by atoms with Gasteiger partial charge in [-0.1, -0.05) is 42.8 Å². The minimum absolute atomic E-state index is 0.373. The molecular weight excluding hydrogens is 381 g/mol. The summed E-state index contributed by atoms with van der Waals surface area (Å²) in [5, 5.41) is 0. The van der Waals surface area contributed by atoms with Crippen molar-refractivity contribution in [2.24, 2.45) is 17.8 Å². The third kappa shape index (κ3) is 4.66. The Morgan fingerprint density at radius 1 is 0.833 bits per heavy atom. The number of rotatable bonds is 5. The van der Waals surface area contributed by atoms with Crippen LogP contribution in [0, 0.1) is 35.2 Å². The lowest BCUT2D eigenvalue weighted by Gasteiger charge is -2.42. The van der Waals surface area contributed by atoms with E-state index in [1.165, 1.54) is 56.9 Å². The Bertz CT molecular complexity index is 860. The Morgan fingerprint density at radius 3 is 2.20 bits per heavy atom. The molecule has 2 aliphatic rings. The van der Waals surface area contributed by atoms with Gasteiger partial charge < -0.3 is 0 Å². The number of halogens is 3. The van der Waals surface area contributed by atoms with E-state index < -0.39 is 17.5 Å². The molecule has 0 saturated heterocycles. The maximum Gasteiger partial charge on any atom is 0.194 e. The molecule has 2 aromatic rings. The van der Waals surface area contributed by atoms with E-state index in [1.54, 1.807) is 0 Å². The van der Waals surface area contributed by atoms with Crippen LogP contribution in [0.5, 0.6) is 0 Å². The summed E-state index contributed by atoms with van der Waals surface area (Å²) in [5.41, 5.74) is 2.40. The summed E-state index contributed by atoms with van der Waals surface area (Å²) in [6.45, 7) is 2.10. The molecule has 0 spiro atoms. The van der Waals surface area contributed by atoms with Crippen LogP contribution in [0.1, 0.15) is 69.8 Å². The van der Waals surface area contributed by atoms with Gasteiger partial charge >= 0.3 is 0 Å². The quantitative estimate of drug-likeness (QED) is 0.341. The monoisotopic (exact) mass is 412 g/mol. The number of benzene rings is 2. The van der Waals surface area contributed by atoms with Crippen LogP contribution in [0.25, 0.3) is 11.1 Å². The summed E-state index contributed by atoms with van der Waals surface area (Å²) in [4.78, 5) is 0. The van der Waals surface area contributed by atoms with Crippen LogP contribution >= 0.6 is 0 Å². The van der Waals surface area contributed by atoms with Crippen molar-refractivity contribution in [2.45, 2.75) is 64.2 Å². The van der Waals surface area contributed by atoms with Gasteiger partial charge in [-0.25, -0.2) is 13.2 Å². The van der Waals surface area contributed by atoms with Gasteiger partial charge in [-0.2, -0.15) is 0 Å². The zero-order valence-corrected chi connectivity index (χ0v) is 17.7. The summed E-state index contributed by atoms with van der Waals surface area (Å²) in [6.07, 6.45) is 14.9. The van der Waals surface area contributed by atoms with Crippen LogP contribution in [-0.2, 0) is 0 Å². The second kappa shape index (κ2) is 9.41. The van der Waals surface area contributed by atoms with Crippen LogP contribution in [0.2, 0.25) is 0 Å². The largest absolute Gasteiger partial charge is 0.204 e. The standard InChI is InChI=1S/C27H31F3/c1-2-3-4-5-18-6-7-23-15-22(13-12-21(23)14-18)19-8-10-20(11-9-19)24-16-25(28)27(30)26(29)17-24/h2-3,8-11,16-18,21-23H,4-7,12-15H2,1H3/b3-2+. The van der Waals surface area contributed by atoms with Crippen molar-refractivity contribution in [2.75, 3.05) is 0 Å². The van der Waals surface area contributed by atoms with Crippen LogP contribution in [0.3, 0.4) is 0 Å². The van der Waals surface area contributed by atoms with Gasteiger partial charge in [-0.3, -0.25) is 0 Å². The molecule has 0 heterocycles. The van der Waals surface area contributed by atoms with Gasteiger partial charge in [0.15, 0.2) is 17.5 Å². The highest BCUT2D eigenvalue weighted by Crippen LogP contribution is 2.48. The van der Waals surface area contributed by atoms with Gasteiger partial charge in [0.1, 0.15) is 0 Å². The highest BCUT2D eigenvalue weighted by molar-refractivity contribution is 5.64. The van der Waals surface area contributed by atoms with Gasteiger partial charge in [0, 0.05) is 0 Å². The molecule has 4 unspecified atom stereocenters. The smallest absolute Gasteiger partial charge is 0.194 e. The minimum Gasteiger partial charge on any atom is -0.204 e. The fourth-order valence-electron chi connectivity index (χ4n) is 5.72. The van der Waals surface area contributed by atoms with Gasteiger partial charge in [0.25, 0.3) is 0 Å². The first-order chi connectivity index (χ1) is 14.5. The predicted molar refractivity (Wildman–Crippen MR) is 117 cm³/mol. The van der Waals surface area contributed by atoms with Crippen LogP contribution in [0.15, 0.2) is 48.6 Å². The summed E-state index contributed by atoms with van der Waals surface area (Å²) < 4.78 is 40.3. The molecule has 2 saturated carbocycles. The topological polar surface area (TPSA) is 0 Å². The lowest BCUT2D eigenvalue weighted by molar-refractivity contribution is 0.115. The van der Waals surface area contributed by atoms with Crippen LogP contribution in [0.4, 0.5) is 13.2 Å². The van der Waals surface area contributed by atoms with E-state index in [9.17, 15) is 13.2 Å². The Hall–Kier alpha value is -2.03. The zero-order valence-electron chi connectivity index (χ0n) is 17.7. The van der Waals surface area contributed by atoms with E-state index in [0.29, 0.717) is 17.0 Å². The Morgan fingerprint density at radius 2 is 1.50 bits per heavy atom. The SMILES string of the molecule is C/C=C/CCC1CCC2CC(c3ccc(-c4cc(F)c(F)c(F)c4)cc3)CCC2C1. The third-order valence-corrected chi connectivity index (χ3v) is 7.40. The summed E-state index contributed by atoms with van der Waals surface area (Å²) in [5.74, 6) is -0.515. The first-order valence-electron chi connectivity index (χ1n) is 11.4. The fourth-order valence-corrected chi connectivity index (χ4v) is 5.72. The van der Waals surface area contributed by atoms with E-state index in [-0.39, 0.29) is 0 Å². The van der Waals surface area contributed by atoms with Crippen molar-refractivity contribution >= 4 is 0 Å². The van der Waals surface area contributed by atoms with Gasteiger partial charge in [-0.15, -0.1) is 0 Å². The minimum atomic E-state index is -1.41. The Labute approximate surface area is 178 Å². The van der Waals surface area contributed by atoms with Crippen molar-refractivity contribution in [3.8, 4) is 11.1 Å². The molecule has 2 aromatic carbocycles. The van der Waals surface area contributed by atoms with E-state index in [0.717, 1.165) is 29.9 Å². The number of hydrogen-bond acceptors (Lipinski definition) is 0. The van der Waals surface area contributed by atoms with Gasteiger partial charge in [0.2, 0.25) is 0 Å². The van der Waals surface area contributed by atoms with E-state index in [1.807, 2.05) is 12.1 Å². The number of fused-ring (bicyclic) bond motifs is 1. The highest BCUT2D eigenvalue weighted by Gasteiger charge is 2.35. The van der Waals surface area contributed by atoms with Gasteiger partial charge in [0.05, 0.1) is 0 Å². The van der Waals surface area contributed by atoms with E-state index in [2.05, 4.69) is 31.2 Å². The molecule has 4 rings (SSSR count). The maximum atomic E-state index is 13.5. The molecule has 0 aromatic heterocycles. The molecule has 0 nitrogen and oxygen atoms in total. The van der Waals surface area contributed by atoms with Crippen molar-refractivity contribution in [1.82, 2.24) is 0 Å². The second-order valence-corrected chi connectivity index (χ2v) is 9.23. The number of allylic oxidation sites excluding steroid dienone is 2. The zero-order chi connectivity index (χ0) is 21.1. The van der Waals surface area contributed by atoms with E-state index >= 15 is 0 Å². The molecule has 0 radical (unpaired) electrons. The van der Waals surface area contributed by atoms with Crippen molar-refractivity contribution < 1.29 is 13.2 Å². The Kier molecular flexibility index (Phi) is 6.65. The van der Waals surface area contributed by atoms with Crippen LogP contribution < -0.4 is 0 Å². The first-order valence-corrected chi connectivity index (χ1v) is 11.4. The van der Waals surface area contributed by atoms with Crippen molar-refractivity contribution in [1.29, 1.82) is 0 Å².